The van der Waals surface area contributed by atoms with Crippen LogP contribution in [-0.2, 0) is 14.3 Å². The number of rotatable bonds is 11. The van der Waals surface area contributed by atoms with Crippen LogP contribution in [0.2, 0.25) is 0 Å². The molecule has 0 bridgehead atoms. The van der Waals surface area contributed by atoms with E-state index in [-0.39, 0.29) is 24.2 Å². The molecule has 0 aromatic heterocycles. The highest BCUT2D eigenvalue weighted by Crippen LogP contribution is 2.46. The highest BCUT2D eigenvalue weighted by molar-refractivity contribution is 5.85. The van der Waals surface area contributed by atoms with E-state index in [0.29, 0.717) is 18.6 Å². The minimum absolute atomic E-state index is 0. The minimum atomic E-state index is -0.684. The number of benzene rings is 2. The maximum Gasteiger partial charge on any atom is 0.307 e. The molecule has 0 heterocycles. The zero-order chi connectivity index (χ0) is 24.3. The summed E-state index contributed by atoms with van der Waals surface area (Å²) in [7, 11) is 3.41. The Morgan fingerprint density at radius 3 is 1.60 bits per heavy atom. The molecule has 6 heteroatoms. The third kappa shape index (κ3) is 9.61. The van der Waals surface area contributed by atoms with Crippen molar-refractivity contribution in [3.8, 4) is 0 Å². The van der Waals surface area contributed by atoms with Gasteiger partial charge < -0.3 is 20.3 Å². The summed E-state index contributed by atoms with van der Waals surface area (Å²) in [6, 6.07) is 20.8. The van der Waals surface area contributed by atoms with Gasteiger partial charge in [0.2, 0.25) is 0 Å². The van der Waals surface area contributed by atoms with Crippen molar-refractivity contribution in [1.29, 1.82) is 0 Å². The Labute approximate surface area is 215 Å². The molecule has 4 rings (SSSR count). The fourth-order valence-corrected chi connectivity index (χ4v) is 4.21. The molecule has 5 nitrogen and oxygen atoms in total. The SMILES string of the molecule is COCC/C(=C\c1ccccc1)[C@@H]1C[C@H]1C(=O)O.COCC/C(=C\c1ccccc1)[C@@H]1C[C@H]1N.Cl. The second-order valence-electron chi connectivity index (χ2n) is 9.04. The van der Waals surface area contributed by atoms with E-state index in [1.165, 1.54) is 16.7 Å². The number of halogens is 1. The predicted molar refractivity (Wildman–Crippen MR) is 144 cm³/mol. The van der Waals surface area contributed by atoms with Crippen LogP contribution in [-0.4, -0.2) is 44.6 Å². The summed E-state index contributed by atoms with van der Waals surface area (Å²) in [4.78, 5) is 10.9. The predicted octanol–water partition coefficient (Wildman–Crippen LogP) is 5.70. The average Bonchev–Trinajstić information content (AvgIpc) is 3.77. The molecule has 0 aliphatic heterocycles. The number of methoxy groups -OCH3 is 2. The van der Waals surface area contributed by atoms with E-state index in [4.69, 9.17) is 20.3 Å². The molecule has 0 saturated heterocycles. The van der Waals surface area contributed by atoms with E-state index in [2.05, 4.69) is 36.4 Å². The highest BCUT2D eigenvalue weighted by Gasteiger charge is 2.45. The summed E-state index contributed by atoms with van der Waals surface area (Å²) in [6.07, 6.45) is 8.05. The van der Waals surface area contributed by atoms with Crippen LogP contribution in [0.25, 0.3) is 12.2 Å². The maximum atomic E-state index is 10.9. The zero-order valence-electron chi connectivity index (χ0n) is 20.6. The third-order valence-electron chi connectivity index (χ3n) is 6.39. The average molecular weight is 500 g/mol. The second kappa shape index (κ2) is 14.8. The first-order chi connectivity index (χ1) is 16.5. The standard InChI is InChI=1S/C15H18O3.C14H19NO.ClH/c1-18-8-7-12(13-10-14(13)15(16)17)9-11-5-3-2-4-6-11;1-16-8-7-12(13-10-14(13)15)9-11-5-3-2-4-6-11;/h2-6,9,13-14H,7-8,10H2,1H3,(H,16,17);2-6,9,13-14H,7-8,10,15H2,1H3;1H/b2*12-9+;/t2*13-,14+;/m00./s1. The van der Waals surface area contributed by atoms with Gasteiger partial charge in [-0.1, -0.05) is 84.0 Å². The first kappa shape index (κ1) is 28.8. The molecule has 0 spiro atoms. The van der Waals surface area contributed by atoms with Crippen LogP contribution in [0, 0.1) is 17.8 Å². The molecule has 2 fully saturated rings. The zero-order valence-corrected chi connectivity index (χ0v) is 21.5. The topological polar surface area (TPSA) is 81.8 Å². The van der Waals surface area contributed by atoms with Gasteiger partial charge in [-0.15, -0.1) is 12.4 Å². The van der Waals surface area contributed by atoms with Gasteiger partial charge in [0.05, 0.1) is 5.92 Å². The maximum absolute atomic E-state index is 10.9. The van der Waals surface area contributed by atoms with Gasteiger partial charge in [0.15, 0.2) is 0 Å². The van der Waals surface area contributed by atoms with Crippen LogP contribution in [0.1, 0.15) is 36.8 Å². The summed E-state index contributed by atoms with van der Waals surface area (Å²) in [6.45, 7) is 1.42. The van der Waals surface area contributed by atoms with Crippen molar-refractivity contribution in [2.75, 3.05) is 27.4 Å². The smallest absolute Gasteiger partial charge is 0.307 e. The number of carboxylic acid groups (broad SMARTS) is 1. The van der Waals surface area contributed by atoms with Crippen LogP contribution in [0.3, 0.4) is 0 Å². The van der Waals surface area contributed by atoms with E-state index in [1.807, 2.05) is 36.4 Å². The Hall–Kier alpha value is -2.44. The van der Waals surface area contributed by atoms with Crippen molar-refractivity contribution >= 4 is 30.5 Å². The fourth-order valence-electron chi connectivity index (χ4n) is 4.21. The van der Waals surface area contributed by atoms with Crippen molar-refractivity contribution in [2.45, 2.75) is 31.7 Å². The first-order valence-electron chi connectivity index (χ1n) is 12.0. The summed E-state index contributed by atoms with van der Waals surface area (Å²) < 4.78 is 10.2. The normalized spacial score (nSPS) is 22.9. The number of carboxylic acids is 1. The summed E-state index contributed by atoms with van der Waals surface area (Å²) in [5, 5.41) is 9.01. The van der Waals surface area contributed by atoms with Crippen molar-refractivity contribution in [3.05, 3.63) is 82.9 Å². The number of hydrogen-bond acceptors (Lipinski definition) is 4. The second-order valence-corrected chi connectivity index (χ2v) is 9.04. The van der Waals surface area contributed by atoms with Gasteiger partial charge in [-0.05, 0) is 48.6 Å². The summed E-state index contributed by atoms with van der Waals surface area (Å²) in [5.74, 6) is -0.110. The Morgan fingerprint density at radius 2 is 1.26 bits per heavy atom. The molecule has 2 aromatic carbocycles. The van der Waals surface area contributed by atoms with E-state index >= 15 is 0 Å². The lowest BCUT2D eigenvalue weighted by atomic mass is 10.0. The molecule has 2 aliphatic carbocycles. The van der Waals surface area contributed by atoms with Gasteiger partial charge in [0, 0.05) is 33.5 Å². The molecule has 2 saturated carbocycles. The number of aliphatic carboxylic acids is 1. The molecule has 0 amide bonds. The Balaban J connectivity index is 0.000000241. The van der Waals surface area contributed by atoms with Crippen molar-refractivity contribution in [1.82, 2.24) is 0 Å². The Bertz CT molecular complexity index is 961. The molecule has 2 aliphatic rings. The number of carbonyl (C=O) groups is 1. The molecular weight excluding hydrogens is 462 g/mol. The fraction of sp³-hybridized carbons (Fsp3) is 0.414. The van der Waals surface area contributed by atoms with Crippen molar-refractivity contribution in [2.24, 2.45) is 23.5 Å². The van der Waals surface area contributed by atoms with E-state index in [9.17, 15) is 4.79 Å². The van der Waals surface area contributed by atoms with Crippen LogP contribution in [0.4, 0.5) is 0 Å². The van der Waals surface area contributed by atoms with Gasteiger partial charge in [-0.25, -0.2) is 0 Å². The largest absolute Gasteiger partial charge is 0.481 e. The minimum Gasteiger partial charge on any atom is -0.481 e. The molecule has 4 atom stereocenters. The Kier molecular flexibility index (Phi) is 12.2. The number of nitrogens with two attached hydrogens (primary N) is 1. The van der Waals surface area contributed by atoms with Gasteiger partial charge in [-0.3, -0.25) is 4.79 Å². The number of ether oxygens (including phenoxy) is 2. The summed E-state index contributed by atoms with van der Waals surface area (Å²) >= 11 is 0. The van der Waals surface area contributed by atoms with E-state index in [0.717, 1.165) is 37.9 Å². The summed E-state index contributed by atoms with van der Waals surface area (Å²) in [5.41, 5.74) is 10.9. The molecule has 190 valence electrons. The third-order valence-corrected chi connectivity index (χ3v) is 6.39. The molecule has 3 N–H and O–H groups in total. The molecular formula is C29H38ClNO4. The molecule has 0 radical (unpaired) electrons. The monoisotopic (exact) mass is 499 g/mol. The van der Waals surface area contributed by atoms with Crippen LogP contribution >= 0.6 is 12.4 Å². The first-order valence-corrected chi connectivity index (χ1v) is 12.0. The van der Waals surface area contributed by atoms with Crippen LogP contribution in [0.15, 0.2) is 71.8 Å². The quantitative estimate of drug-likeness (QED) is 0.414. The van der Waals surface area contributed by atoms with Gasteiger partial charge >= 0.3 is 5.97 Å². The van der Waals surface area contributed by atoms with E-state index in [1.54, 1.807) is 14.2 Å². The van der Waals surface area contributed by atoms with Gasteiger partial charge in [0.1, 0.15) is 0 Å². The van der Waals surface area contributed by atoms with Crippen LogP contribution < -0.4 is 5.73 Å². The Morgan fingerprint density at radius 1 is 0.829 bits per heavy atom. The lowest BCUT2D eigenvalue weighted by Crippen LogP contribution is -2.05. The van der Waals surface area contributed by atoms with Crippen LogP contribution in [0.5, 0.6) is 0 Å². The van der Waals surface area contributed by atoms with Crippen molar-refractivity contribution in [3.63, 3.8) is 0 Å². The molecule has 35 heavy (non-hydrogen) atoms. The highest BCUT2D eigenvalue weighted by atomic mass is 35.5. The molecule has 0 unspecified atom stereocenters. The van der Waals surface area contributed by atoms with Crippen molar-refractivity contribution < 1.29 is 19.4 Å². The lowest BCUT2D eigenvalue weighted by molar-refractivity contribution is -0.138. The van der Waals surface area contributed by atoms with E-state index < -0.39 is 5.97 Å². The molecule has 2 aromatic rings. The van der Waals surface area contributed by atoms with Gasteiger partial charge in [0.25, 0.3) is 0 Å². The van der Waals surface area contributed by atoms with Gasteiger partial charge in [-0.2, -0.15) is 0 Å². The lowest BCUT2D eigenvalue weighted by Gasteiger charge is -2.06. The number of hydrogen-bond donors (Lipinski definition) is 2.